The molecule has 1 aromatic rings. The Morgan fingerprint density at radius 2 is 1.75 bits per heavy atom. The Kier molecular flexibility index (Phi) is 3.70. The van der Waals surface area contributed by atoms with E-state index >= 15 is 0 Å². The van der Waals surface area contributed by atoms with Crippen LogP contribution in [0.2, 0.25) is 0 Å². The number of hydrogen-bond acceptors (Lipinski definition) is 2. The molecular formula is C9H14NO2+. The number of nitrogens with zero attached hydrogens (tertiary/aromatic N) is 1. The molecule has 0 saturated carbocycles. The van der Waals surface area contributed by atoms with Gasteiger partial charge in [-0.2, -0.15) is 0 Å². The number of aliphatic hydroxyl groups excluding tert-OH is 2. The van der Waals surface area contributed by atoms with E-state index in [0.717, 1.165) is 5.56 Å². The number of aromatic nitrogens is 1. The van der Waals surface area contributed by atoms with Crippen LogP contribution >= 0.6 is 0 Å². The van der Waals surface area contributed by atoms with Crippen molar-refractivity contribution in [3.63, 3.8) is 0 Å². The fourth-order valence-corrected chi connectivity index (χ4v) is 1.05. The first kappa shape index (κ1) is 9.16. The minimum Gasteiger partial charge on any atom is -0.396 e. The predicted molar refractivity (Wildman–Crippen MR) is 44.5 cm³/mol. The van der Waals surface area contributed by atoms with Gasteiger partial charge in [0, 0.05) is 18.7 Å². The fourth-order valence-electron chi connectivity index (χ4n) is 1.05. The van der Waals surface area contributed by atoms with Crippen LogP contribution in [0.3, 0.4) is 0 Å². The van der Waals surface area contributed by atoms with Crippen LogP contribution in [0, 0.1) is 0 Å². The van der Waals surface area contributed by atoms with Gasteiger partial charge in [0.15, 0.2) is 18.9 Å². The molecule has 1 aromatic heterocycles. The van der Waals surface area contributed by atoms with Crippen molar-refractivity contribution >= 4 is 0 Å². The summed E-state index contributed by atoms with van der Waals surface area (Å²) >= 11 is 0. The van der Waals surface area contributed by atoms with Gasteiger partial charge in [0.2, 0.25) is 0 Å². The smallest absolute Gasteiger partial charge is 0.171 e. The maximum absolute atomic E-state index is 8.65. The van der Waals surface area contributed by atoms with Crippen LogP contribution in [0.4, 0.5) is 0 Å². The second kappa shape index (κ2) is 4.85. The van der Waals surface area contributed by atoms with Crippen molar-refractivity contribution in [3.05, 3.63) is 30.1 Å². The van der Waals surface area contributed by atoms with Gasteiger partial charge in [-0.05, 0) is 12.0 Å². The summed E-state index contributed by atoms with van der Waals surface area (Å²) in [4.78, 5) is 0. The van der Waals surface area contributed by atoms with Crippen molar-refractivity contribution in [1.82, 2.24) is 0 Å². The van der Waals surface area contributed by atoms with Gasteiger partial charge in [0.05, 0.1) is 0 Å². The van der Waals surface area contributed by atoms with E-state index in [0.29, 0.717) is 13.0 Å². The molecule has 2 N–H and O–H groups in total. The van der Waals surface area contributed by atoms with E-state index in [1.165, 1.54) is 0 Å². The average Bonchev–Trinajstić information content (AvgIpc) is 2.09. The SMILES string of the molecule is OCCc1cc[n+](CCO)cc1. The Morgan fingerprint density at radius 3 is 2.25 bits per heavy atom. The normalized spacial score (nSPS) is 10.2. The lowest BCUT2D eigenvalue weighted by molar-refractivity contribution is -0.698. The summed E-state index contributed by atoms with van der Waals surface area (Å²) in [5.41, 5.74) is 1.12. The van der Waals surface area contributed by atoms with E-state index in [1.807, 2.05) is 29.1 Å². The van der Waals surface area contributed by atoms with Gasteiger partial charge in [0.1, 0.15) is 6.61 Å². The molecular weight excluding hydrogens is 154 g/mol. The van der Waals surface area contributed by atoms with E-state index < -0.39 is 0 Å². The van der Waals surface area contributed by atoms with Crippen LogP contribution in [0.5, 0.6) is 0 Å². The van der Waals surface area contributed by atoms with E-state index in [4.69, 9.17) is 10.2 Å². The third-order valence-electron chi connectivity index (χ3n) is 1.72. The molecule has 12 heavy (non-hydrogen) atoms. The largest absolute Gasteiger partial charge is 0.396 e. The first-order valence-electron chi connectivity index (χ1n) is 4.06. The number of hydrogen-bond donors (Lipinski definition) is 2. The van der Waals surface area contributed by atoms with Gasteiger partial charge in [-0.25, -0.2) is 4.57 Å². The molecule has 0 saturated heterocycles. The number of pyridine rings is 1. The van der Waals surface area contributed by atoms with Gasteiger partial charge < -0.3 is 10.2 Å². The summed E-state index contributed by atoms with van der Waals surface area (Å²) in [5.74, 6) is 0. The maximum Gasteiger partial charge on any atom is 0.171 e. The van der Waals surface area contributed by atoms with Gasteiger partial charge in [0.25, 0.3) is 0 Å². The molecule has 1 rings (SSSR count). The highest BCUT2D eigenvalue weighted by Crippen LogP contribution is 1.94. The summed E-state index contributed by atoms with van der Waals surface area (Å²) < 4.78 is 1.90. The molecule has 0 fully saturated rings. The maximum atomic E-state index is 8.65. The van der Waals surface area contributed by atoms with Gasteiger partial charge >= 0.3 is 0 Å². The summed E-state index contributed by atoms with van der Waals surface area (Å²) in [6.45, 7) is 0.966. The van der Waals surface area contributed by atoms with E-state index in [9.17, 15) is 0 Å². The lowest BCUT2D eigenvalue weighted by atomic mass is 10.2. The molecule has 66 valence electrons. The lowest BCUT2D eigenvalue weighted by Gasteiger charge is -1.96. The summed E-state index contributed by atoms with van der Waals surface area (Å²) in [5, 5.41) is 17.3. The Bertz CT molecular complexity index is 195. The third kappa shape index (κ3) is 2.60. The minimum atomic E-state index is 0.157. The van der Waals surface area contributed by atoms with Crippen molar-refractivity contribution in [3.8, 4) is 0 Å². The molecule has 0 aliphatic carbocycles. The summed E-state index contributed by atoms with van der Waals surface area (Å²) in [6, 6.07) is 3.90. The zero-order chi connectivity index (χ0) is 8.81. The molecule has 1 heterocycles. The zero-order valence-electron chi connectivity index (χ0n) is 6.98. The minimum absolute atomic E-state index is 0.157. The second-order valence-corrected chi connectivity index (χ2v) is 2.64. The van der Waals surface area contributed by atoms with Crippen molar-refractivity contribution in [2.24, 2.45) is 0 Å². The van der Waals surface area contributed by atoms with E-state index in [2.05, 4.69) is 0 Å². The van der Waals surface area contributed by atoms with Crippen LogP contribution in [0.15, 0.2) is 24.5 Å². The molecule has 0 atom stereocenters. The zero-order valence-corrected chi connectivity index (χ0v) is 6.98. The average molecular weight is 168 g/mol. The molecule has 3 heteroatoms. The van der Waals surface area contributed by atoms with E-state index in [1.54, 1.807) is 0 Å². The molecule has 0 spiro atoms. The Hall–Kier alpha value is -0.930. The molecule has 0 bridgehead atoms. The predicted octanol–water partition coefficient (Wildman–Crippen LogP) is -0.499. The fraction of sp³-hybridized carbons (Fsp3) is 0.444. The quantitative estimate of drug-likeness (QED) is 0.595. The highest BCUT2D eigenvalue weighted by molar-refractivity contribution is 5.06. The van der Waals surface area contributed by atoms with Crippen LogP contribution in [-0.4, -0.2) is 23.4 Å². The van der Waals surface area contributed by atoms with Crippen molar-refractivity contribution in [1.29, 1.82) is 0 Å². The molecule has 3 nitrogen and oxygen atoms in total. The monoisotopic (exact) mass is 168 g/mol. The number of aliphatic hydroxyl groups is 2. The first-order valence-corrected chi connectivity index (χ1v) is 4.06. The van der Waals surface area contributed by atoms with Gasteiger partial charge in [-0.3, -0.25) is 0 Å². The van der Waals surface area contributed by atoms with Crippen LogP contribution in [0.1, 0.15) is 5.56 Å². The molecule has 0 unspecified atom stereocenters. The first-order chi connectivity index (χ1) is 5.86. The van der Waals surface area contributed by atoms with Gasteiger partial charge in [-0.15, -0.1) is 0 Å². The lowest BCUT2D eigenvalue weighted by Crippen LogP contribution is -2.34. The Labute approximate surface area is 71.9 Å². The third-order valence-corrected chi connectivity index (χ3v) is 1.72. The standard InChI is InChI=1S/C9H14NO2/c11-7-3-9-1-4-10(5-2-9)6-8-12/h1-2,4-5,11-12H,3,6-8H2/q+1. The molecule has 0 aliphatic heterocycles. The van der Waals surface area contributed by atoms with E-state index in [-0.39, 0.29) is 13.2 Å². The molecule has 0 radical (unpaired) electrons. The van der Waals surface area contributed by atoms with Crippen LogP contribution in [-0.2, 0) is 13.0 Å². The number of rotatable bonds is 4. The van der Waals surface area contributed by atoms with Crippen molar-refractivity contribution in [2.75, 3.05) is 13.2 Å². The highest BCUT2D eigenvalue weighted by atomic mass is 16.3. The Morgan fingerprint density at radius 1 is 1.08 bits per heavy atom. The van der Waals surface area contributed by atoms with Crippen molar-refractivity contribution in [2.45, 2.75) is 13.0 Å². The highest BCUT2D eigenvalue weighted by Gasteiger charge is 1.98. The second-order valence-electron chi connectivity index (χ2n) is 2.64. The van der Waals surface area contributed by atoms with Gasteiger partial charge in [-0.1, -0.05) is 0 Å². The molecule has 0 aliphatic rings. The molecule has 0 amide bonds. The van der Waals surface area contributed by atoms with Crippen LogP contribution in [0.25, 0.3) is 0 Å². The topological polar surface area (TPSA) is 44.3 Å². The van der Waals surface area contributed by atoms with Crippen molar-refractivity contribution < 1.29 is 14.8 Å². The van der Waals surface area contributed by atoms with Crippen LogP contribution < -0.4 is 4.57 Å². The molecule has 0 aromatic carbocycles. The summed E-state index contributed by atoms with van der Waals surface area (Å²) in [6.07, 6.45) is 4.50. The Balaban J connectivity index is 2.58. The summed E-state index contributed by atoms with van der Waals surface area (Å²) in [7, 11) is 0.